The van der Waals surface area contributed by atoms with Gasteiger partial charge in [0.15, 0.2) is 5.72 Å². The zero-order valence-electron chi connectivity index (χ0n) is 16.4. The molecule has 4 rings (SSSR count). The first-order chi connectivity index (χ1) is 14.4. The van der Waals surface area contributed by atoms with Crippen LogP contribution in [-0.4, -0.2) is 35.9 Å². The molecule has 0 spiro atoms. The third kappa shape index (κ3) is 3.11. The van der Waals surface area contributed by atoms with Crippen molar-refractivity contribution in [3.63, 3.8) is 0 Å². The van der Waals surface area contributed by atoms with Crippen LogP contribution in [0.1, 0.15) is 23.5 Å². The number of thioether (sulfide) groups is 1. The monoisotopic (exact) mass is 426 g/mol. The lowest BCUT2D eigenvalue weighted by molar-refractivity contribution is -0.149. The summed E-state index contributed by atoms with van der Waals surface area (Å²) in [6.45, 7) is 0. The lowest BCUT2D eigenvalue weighted by atomic mass is 9.84. The van der Waals surface area contributed by atoms with Crippen molar-refractivity contribution < 1.29 is 23.8 Å². The number of carbonyl (C=O) groups is 1. The van der Waals surface area contributed by atoms with Gasteiger partial charge in [-0.25, -0.2) is 4.39 Å². The van der Waals surface area contributed by atoms with Crippen molar-refractivity contribution in [3.8, 4) is 17.6 Å². The molecule has 2 heterocycles. The Hall–Kier alpha value is -3.02. The minimum atomic E-state index is -1.64. The largest absolute Gasteiger partial charge is 0.497 e. The summed E-state index contributed by atoms with van der Waals surface area (Å²) in [5, 5.41) is 21.7. The van der Waals surface area contributed by atoms with Crippen molar-refractivity contribution in [1.29, 1.82) is 5.26 Å². The van der Waals surface area contributed by atoms with Crippen molar-refractivity contribution in [2.45, 2.75) is 18.1 Å². The fourth-order valence-electron chi connectivity index (χ4n) is 3.93. The molecule has 154 valence electrons. The Morgan fingerprint density at radius 3 is 2.60 bits per heavy atom. The summed E-state index contributed by atoms with van der Waals surface area (Å²) in [5.41, 5.74) is -0.193. The number of nitrogens with zero attached hydrogens (tertiary/aromatic N) is 2. The number of nitriles is 1. The summed E-state index contributed by atoms with van der Waals surface area (Å²) in [7, 11) is 3.07. The van der Waals surface area contributed by atoms with E-state index in [2.05, 4.69) is 6.07 Å². The van der Waals surface area contributed by atoms with Crippen LogP contribution in [0, 0.1) is 17.1 Å². The van der Waals surface area contributed by atoms with Gasteiger partial charge in [0.2, 0.25) is 5.91 Å². The zero-order chi connectivity index (χ0) is 21.5. The van der Waals surface area contributed by atoms with E-state index in [9.17, 15) is 19.6 Å². The summed E-state index contributed by atoms with van der Waals surface area (Å²) in [4.78, 5) is 14.5. The number of methoxy groups -OCH3 is 2. The van der Waals surface area contributed by atoms with Gasteiger partial charge >= 0.3 is 0 Å². The third-order valence-electron chi connectivity index (χ3n) is 5.43. The zero-order valence-corrected chi connectivity index (χ0v) is 17.2. The molecule has 2 atom stereocenters. The molecule has 2 aromatic carbocycles. The van der Waals surface area contributed by atoms with Crippen LogP contribution in [0.25, 0.3) is 0 Å². The van der Waals surface area contributed by atoms with E-state index in [0.29, 0.717) is 33.2 Å². The SMILES string of the molecule is COc1ccc(OC)c(C2CC(=O)N3C(=C2C#N)SCC3(O)c2ccc(F)cc2)c1. The molecule has 1 amide bonds. The van der Waals surface area contributed by atoms with Crippen LogP contribution < -0.4 is 9.47 Å². The molecule has 0 radical (unpaired) electrons. The van der Waals surface area contributed by atoms with E-state index in [1.165, 1.54) is 48.0 Å². The number of benzene rings is 2. The topological polar surface area (TPSA) is 82.8 Å². The van der Waals surface area contributed by atoms with Crippen LogP contribution in [0.15, 0.2) is 53.1 Å². The minimum absolute atomic E-state index is 0.0139. The highest BCUT2D eigenvalue weighted by Gasteiger charge is 2.52. The summed E-state index contributed by atoms with van der Waals surface area (Å²) in [6.07, 6.45) is -0.0139. The maximum absolute atomic E-state index is 13.4. The Morgan fingerprint density at radius 2 is 1.97 bits per heavy atom. The Morgan fingerprint density at radius 1 is 1.23 bits per heavy atom. The van der Waals surface area contributed by atoms with E-state index < -0.39 is 17.5 Å². The summed E-state index contributed by atoms with van der Waals surface area (Å²) >= 11 is 1.24. The molecule has 2 aliphatic heterocycles. The summed E-state index contributed by atoms with van der Waals surface area (Å²) in [5.74, 6) is -0.00130. The Bertz CT molecular complexity index is 1080. The molecule has 1 N–H and O–H groups in total. The molecule has 1 saturated heterocycles. The van der Waals surface area contributed by atoms with Gasteiger partial charge in [-0.05, 0) is 30.3 Å². The van der Waals surface area contributed by atoms with E-state index in [0.717, 1.165) is 0 Å². The van der Waals surface area contributed by atoms with Gasteiger partial charge in [0.1, 0.15) is 17.3 Å². The van der Waals surface area contributed by atoms with Crippen molar-refractivity contribution >= 4 is 17.7 Å². The van der Waals surface area contributed by atoms with E-state index >= 15 is 0 Å². The first-order valence-corrected chi connectivity index (χ1v) is 10.2. The standard InChI is InChI=1S/C22H19FN2O4S/c1-28-15-7-8-19(29-2)17(9-15)16-10-20(26)25-21(18(16)11-24)30-12-22(25,27)13-3-5-14(23)6-4-13/h3-9,16,27H,10,12H2,1-2H3. The first-order valence-electron chi connectivity index (χ1n) is 9.23. The maximum Gasteiger partial charge on any atom is 0.231 e. The van der Waals surface area contributed by atoms with Crippen LogP contribution in [0.3, 0.4) is 0 Å². The second kappa shape index (κ2) is 7.67. The van der Waals surface area contributed by atoms with Crippen molar-refractivity contribution in [2.75, 3.05) is 20.0 Å². The lowest BCUT2D eigenvalue weighted by Crippen LogP contribution is -2.48. The van der Waals surface area contributed by atoms with Gasteiger partial charge in [-0.2, -0.15) is 5.26 Å². The summed E-state index contributed by atoms with van der Waals surface area (Å²) in [6, 6.07) is 12.9. The molecule has 6 nitrogen and oxygen atoms in total. The van der Waals surface area contributed by atoms with Crippen LogP contribution in [0.2, 0.25) is 0 Å². The smallest absolute Gasteiger partial charge is 0.231 e. The second-order valence-electron chi connectivity index (χ2n) is 7.04. The Balaban J connectivity index is 1.83. The average Bonchev–Trinajstić information content (AvgIpc) is 3.12. The van der Waals surface area contributed by atoms with E-state index in [1.807, 2.05) is 0 Å². The predicted molar refractivity (Wildman–Crippen MR) is 109 cm³/mol. The van der Waals surface area contributed by atoms with E-state index in [-0.39, 0.29) is 18.1 Å². The second-order valence-corrected chi connectivity index (χ2v) is 8.00. The Kier molecular flexibility index (Phi) is 5.18. The molecule has 2 aliphatic rings. The molecule has 8 heteroatoms. The molecule has 0 aliphatic carbocycles. The number of hydrogen-bond acceptors (Lipinski definition) is 6. The van der Waals surface area contributed by atoms with Gasteiger partial charge in [-0.15, -0.1) is 11.8 Å². The molecule has 0 bridgehead atoms. The molecule has 0 saturated carbocycles. The normalized spacial score (nSPS) is 23.2. The number of ether oxygens (including phenoxy) is 2. The number of hydrogen-bond donors (Lipinski definition) is 1. The fourth-order valence-corrected chi connectivity index (χ4v) is 5.29. The minimum Gasteiger partial charge on any atom is -0.497 e. The number of amides is 1. The molecule has 0 aromatic heterocycles. The molecule has 2 unspecified atom stereocenters. The molecule has 1 fully saturated rings. The van der Waals surface area contributed by atoms with Gasteiger partial charge in [0.25, 0.3) is 0 Å². The van der Waals surface area contributed by atoms with Crippen LogP contribution in [-0.2, 0) is 10.5 Å². The summed E-state index contributed by atoms with van der Waals surface area (Å²) < 4.78 is 24.1. The molecular formula is C22H19FN2O4S. The highest BCUT2D eigenvalue weighted by atomic mass is 32.2. The van der Waals surface area contributed by atoms with Gasteiger partial charge < -0.3 is 14.6 Å². The predicted octanol–water partition coefficient (Wildman–Crippen LogP) is 3.49. The van der Waals surface area contributed by atoms with E-state index in [1.54, 1.807) is 25.3 Å². The molecular weight excluding hydrogens is 407 g/mol. The Labute approximate surface area is 177 Å². The first kappa shape index (κ1) is 20.3. The fraction of sp³-hybridized carbons (Fsp3) is 0.273. The van der Waals surface area contributed by atoms with Gasteiger partial charge in [0, 0.05) is 23.5 Å². The maximum atomic E-state index is 13.4. The third-order valence-corrected chi connectivity index (χ3v) is 6.65. The molecule has 30 heavy (non-hydrogen) atoms. The quantitative estimate of drug-likeness (QED) is 0.806. The number of carbonyl (C=O) groups excluding carboxylic acids is 1. The highest BCUT2D eigenvalue weighted by Crippen LogP contribution is 2.52. The molecule has 2 aromatic rings. The van der Waals surface area contributed by atoms with Gasteiger partial charge in [-0.1, -0.05) is 12.1 Å². The van der Waals surface area contributed by atoms with Gasteiger partial charge in [0.05, 0.1) is 36.6 Å². The number of halogens is 1. The number of allylic oxidation sites excluding steroid dienone is 1. The highest BCUT2D eigenvalue weighted by molar-refractivity contribution is 8.03. The number of fused-ring (bicyclic) bond motifs is 1. The van der Waals surface area contributed by atoms with Crippen LogP contribution in [0.5, 0.6) is 11.5 Å². The van der Waals surface area contributed by atoms with Gasteiger partial charge in [-0.3, -0.25) is 9.69 Å². The van der Waals surface area contributed by atoms with Crippen LogP contribution in [0.4, 0.5) is 4.39 Å². The van der Waals surface area contributed by atoms with Crippen molar-refractivity contribution in [1.82, 2.24) is 4.90 Å². The average molecular weight is 426 g/mol. The van der Waals surface area contributed by atoms with Crippen LogP contribution >= 0.6 is 11.8 Å². The number of aliphatic hydroxyl groups is 1. The van der Waals surface area contributed by atoms with Crippen molar-refractivity contribution in [3.05, 3.63) is 70.0 Å². The van der Waals surface area contributed by atoms with E-state index in [4.69, 9.17) is 9.47 Å². The number of rotatable bonds is 4. The lowest BCUT2D eigenvalue weighted by Gasteiger charge is -2.38. The van der Waals surface area contributed by atoms with Crippen molar-refractivity contribution in [2.24, 2.45) is 0 Å².